The topological polar surface area (TPSA) is 95.0 Å². The molecule has 2 aromatic carbocycles. The maximum Gasteiger partial charge on any atom is 0.253 e. The van der Waals surface area contributed by atoms with E-state index in [0.717, 1.165) is 65.3 Å². The molecule has 37 heavy (non-hydrogen) atoms. The largest absolute Gasteiger partial charge is 0.368 e. The lowest BCUT2D eigenvalue weighted by atomic mass is 10.1. The van der Waals surface area contributed by atoms with Gasteiger partial charge in [-0.05, 0) is 37.3 Å². The smallest absolute Gasteiger partial charge is 0.253 e. The molecular formula is C27H27FN8O. The number of carbonyl (C=O) groups excluding carboxylic acids is 1. The molecule has 0 radical (unpaired) electrons. The first-order valence-corrected chi connectivity index (χ1v) is 12.4. The highest BCUT2D eigenvalue weighted by molar-refractivity contribution is 6.08. The minimum absolute atomic E-state index is 0.110. The lowest BCUT2D eigenvalue weighted by Gasteiger charge is -2.36. The number of aromatic amines is 1. The number of carbonyl (C=O) groups is 1. The molecule has 6 rings (SSSR count). The van der Waals surface area contributed by atoms with Gasteiger partial charge in [0.1, 0.15) is 18.0 Å². The number of nitrogens with one attached hydrogen (secondary N) is 2. The molecule has 1 aliphatic heterocycles. The van der Waals surface area contributed by atoms with Gasteiger partial charge in [-0.3, -0.25) is 4.79 Å². The second-order valence-corrected chi connectivity index (χ2v) is 9.18. The number of anilines is 2. The Morgan fingerprint density at radius 1 is 1.00 bits per heavy atom. The monoisotopic (exact) mass is 498 g/mol. The molecule has 1 amide bonds. The second-order valence-electron chi connectivity index (χ2n) is 9.18. The number of piperazine rings is 1. The molecule has 1 aliphatic rings. The number of rotatable bonds is 6. The van der Waals surface area contributed by atoms with Crippen molar-refractivity contribution in [2.45, 2.75) is 13.5 Å². The summed E-state index contributed by atoms with van der Waals surface area (Å²) in [6.07, 6.45) is 3.36. The Hall–Kier alpha value is -4.47. The third-order valence-corrected chi connectivity index (χ3v) is 6.91. The van der Waals surface area contributed by atoms with Gasteiger partial charge in [0.15, 0.2) is 5.65 Å². The number of H-pyrrole nitrogens is 1. The number of fused-ring (bicyclic) bond motifs is 2. The summed E-state index contributed by atoms with van der Waals surface area (Å²) in [6.45, 7) is 6.02. The fraction of sp³-hybridized carbons (Fsp3) is 0.259. The molecule has 0 saturated carbocycles. The van der Waals surface area contributed by atoms with E-state index in [-0.39, 0.29) is 11.7 Å². The standard InChI is InChI=1S/C27H27FN8O/c1-18-24(21-4-2-3-5-23(21)33-18)27(37)29-10-11-36-26-22(16-32-36)25(30-17-31-26)35-14-12-34(13-15-35)20-8-6-19(28)7-9-20/h2-9,16-17,33H,10-15H2,1H3,(H,29,37). The minimum atomic E-state index is -0.226. The molecule has 0 bridgehead atoms. The number of amides is 1. The molecular weight excluding hydrogens is 471 g/mol. The van der Waals surface area contributed by atoms with E-state index in [0.29, 0.717) is 18.7 Å². The third-order valence-electron chi connectivity index (χ3n) is 6.91. The molecule has 0 atom stereocenters. The Balaban J connectivity index is 1.12. The Morgan fingerprint density at radius 2 is 1.76 bits per heavy atom. The number of aromatic nitrogens is 5. The van der Waals surface area contributed by atoms with Crippen molar-refractivity contribution in [3.8, 4) is 0 Å². The van der Waals surface area contributed by atoms with Crippen LogP contribution in [0.25, 0.3) is 21.9 Å². The highest BCUT2D eigenvalue weighted by Gasteiger charge is 2.22. The van der Waals surface area contributed by atoms with Crippen LogP contribution in [0.4, 0.5) is 15.9 Å². The summed E-state index contributed by atoms with van der Waals surface area (Å²) in [6, 6.07) is 14.4. The summed E-state index contributed by atoms with van der Waals surface area (Å²) in [4.78, 5) is 29.7. The lowest BCUT2D eigenvalue weighted by molar-refractivity contribution is 0.0953. The number of hydrogen-bond acceptors (Lipinski definition) is 6. The predicted molar refractivity (Wildman–Crippen MR) is 142 cm³/mol. The van der Waals surface area contributed by atoms with Crippen molar-refractivity contribution in [1.82, 2.24) is 30.0 Å². The van der Waals surface area contributed by atoms with Crippen LogP contribution in [0.3, 0.4) is 0 Å². The molecule has 4 heterocycles. The van der Waals surface area contributed by atoms with Crippen molar-refractivity contribution < 1.29 is 9.18 Å². The van der Waals surface area contributed by atoms with Crippen molar-refractivity contribution in [3.05, 3.63) is 78.1 Å². The van der Waals surface area contributed by atoms with E-state index in [4.69, 9.17) is 0 Å². The maximum absolute atomic E-state index is 13.3. The van der Waals surface area contributed by atoms with Crippen molar-refractivity contribution in [2.24, 2.45) is 0 Å². The summed E-state index contributed by atoms with van der Waals surface area (Å²) >= 11 is 0. The molecule has 1 saturated heterocycles. The Bertz CT molecular complexity index is 1570. The molecule has 0 unspecified atom stereocenters. The van der Waals surface area contributed by atoms with Crippen LogP contribution in [0, 0.1) is 12.7 Å². The zero-order chi connectivity index (χ0) is 25.4. The fourth-order valence-corrected chi connectivity index (χ4v) is 5.06. The van der Waals surface area contributed by atoms with Gasteiger partial charge in [-0.25, -0.2) is 19.0 Å². The van der Waals surface area contributed by atoms with Crippen molar-refractivity contribution in [3.63, 3.8) is 0 Å². The SMILES string of the molecule is Cc1[nH]c2ccccc2c1C(=O)NCCn1ncc2c(N3CCN(c4ccc(F)cc4)CC3)ncnc21. The summed E-state index contributed by atoms with van der Waals surface area (Å²) in [5, 5.41) is 9.35. The molecule has 1 fully saturated rings. The Kier molecular flexibility index (Phi) is 5.91. The molecule has 188 valence electrons. The maximum atomic E-state index is 13.3. The number of nitrogens with zero attached hydrogens (tertiary/aromatic N) is 6. The summed E-state index contributed by atoms with van der Waals surface area (Å²) < 4.78 is 15.1. The summed E-state index contributed by atoms with van der Waals surface area (Å²) in [5.74, 6) is 0.518. The number of aryl methyl sites for hydroxylation is 1. The van der Waals surface area contributed by atoms with Crippen LogP contribution in [0.5, 0.6) is 0 Å². The molecule has 10 heteroatoms. The van der Waals surface area contributed by atoms with Gasteiger partial charge >= 0.3 is 0 Å². The number of para-hydroxylation sites is 1. The lowest BCUT2D eigenvalue weighted by Crippen LogP contribution is -2.46. The number of hydrogen-bond donors (Lipinski definition) is 2. The van der Waals surface area contributed by atoms with Crippen LogP contribution in [-0.2, 0) is 6.54 Å². The van der Waals surface area contributed by atoms with Crippen LogP contribution in [0.2, 0.25) is 0 Å². The van der Waals surface area contributed by atoms with E-state index in [1.165, 1.54) is 12.1 Å². The normalized spacial score (nSPS) is 14.0. The van der Waals surface area contributed by atoms with Gasteiger partial charge in [0.2, 0.25) is 0 Å². The third kappa shape index (κ3) is 4.35. The Labute approximate surface area is 212 Å². The van der Waals surface area contributed by atoms with Crippen LogP contribution >= 0.6 is 0 Å². The van der Waals surface area contributed by atoms with Gasteiger partial charge in [-0.2, -0.15) is 5.10 Å². The highest BCUT2D eigenvalue weighted by atomic mass is 19.1. The zero-order valence-electron chi connectivity index (χ0n) is 20.5. The van der Waals surface area contributed by atoms with Crippen LogP contribution in [0.1, 0.15) is 16.1 Å². The summed E-state index contributed by atoms with van der Waals surface area (Å²) in [5.41, 5.74) is 4.23. The average molecular weight is 499 g/mol. The number of halogens is 1. The van der Waals surface area contributed by atoms with Gasteiger partial charge < -0.3 is 20.1 Å². The van der Waals surface area contributed by atoms with E-state index in [9.17, 15) is 9.18 Å². The van der Waals surface area contributed by atoms with Gasteiger partial charge in [0, 0.05) is 55.0 Å². The minimum Gasteiger partial charge on any atom is -0.368 e. The van der Waals surface area contributed by atoms with E-state index in [2.05, 4.69) is 35.2 Å². The molecule has 0 spiro atoms. The first kappa shape index (κ1) is 23.0. The van der Waals surface area contributed by atoms with Crippen LogP contribution < -0.4 is 15.1 Å². The van der Waals surface area contributed by atoms with E-state index in [1.54, 1.807) is 17.2 Å². The average Bonchev–Trinajstić information content (AvgIpc) is 3.49. The van der Waals surface area contributed by atoms with Gasteiger partial charge in [-0.1, -0.05) is 18.2 Å². The summed E-state index contributed by atoms with van der Waals surface area (Å²) in [7, 11) is 0. The van der Waals surface area contributed by atoms with Crippen molar-refractivity contribution in [2.75, 3.05) is 42.5 Å². The van der Waals surface area contributed by atoms with Crippen molar-refractivity contribution in [1.29, 1.82) is 0 Å². The molecule has 0 aliphatic carbocycles. The number of benzene rings is 2. The first-order chi connectivity index (χ1) is 18.1. The van der Waals surface area contributed by atoms with E-state index in [1.807, 2.05) is 43.3 Å². The molecule has 9 nitrogen and oxygen atoms in total. The van der Waals surface area contributed by atoms with E-state index < -0.39 is 0 Å². The van der Waals surface area contributed by atoms with Crippen LogP contribution in [0.15, 0.2) is 61.1 Å². The molecule has 3 aromatic heterocycles. The molecule has 5 aromatic rings. The quantitative estimate of drug-likeness (QED) is 0.372. The van der Waals surface area contributed by atoms with Gasteiger partial charge in [0.25, 0.3) is 5.91 Å². The van der Waals surface area contributed by atoms with E-state index >= 15 is 0 Å². The highest BCUT2D eigenvalue weighted by Crippen LogP contribution is 2.25. The fourth-order valence-electron chi connectivity index (χ4n) is 5.06. The zero-order valence-corrected chi connectivity index (χ0v) is 20.5. The van der Waals surface area contributed by atoms with Crippen molar-refractivity contribution >= 4 is 39.3 Å². The predicted octanol–water partition coefficient (Wildman–Crippen LogP) is 3.51. The van der Waals surface area contributed by atoms with Gasteiger partial charge in [-0.15, -0.1) is 0 Å². The first-order valence-electron chi connectivity index (χ1n) is 12.4. The van der Waals surface area contributed by atoms with Crippen LogP contribution in [-0.4, -0.2) is 63.4 Å². The second kappa shape index (κ2) is 9.53. The van der Waals surface area contributed by atoms with Gasteiger partial charge in [0.05, 0.1) is 23.7 Å². The molecule has 2 N–H and O–H groups in total. The Morgan fingerprint density at radius 3 is 2.57 bits per heavy atom.